The summed E-state index contributed by atoms with van der Waals surface area (Å²) in [5.41, 5.74) is 1.80. The SMILES string of the molecule is CC(C)C(=O)N1CCC[C@](Cc2ccc(-c3cccs3)cc2)(C(=O)N(C)C)C1. The van der Waals surface area contributed by atoms with Gasteiger partial charge in [-0.1, -0.05) is 44.2 Å². The van der Waals surface area contributed by atoms with E-state index in [9.17, 15) is 9.59 Å². The van der Waals surface area contributed by atoms with E-state index in [4.69, 9.17) is 0 Å². The second-order valence-corrected chi connectivity index (χ2v) is 9.30. The third-order valence-electron chi connectivity index (χ3n) is 5.54. The maximum atomic E-state index is 13.2. The van der Waals surface area contributed by atoms with E-state index in [1.807, 2.05) is 32.8 Å². The Labute approximate surface area is 172 Å². The Morgan fingerprint density at radius 2 is 1.89 bits per heavy atom. The van der Waals surface area contributed by atoms with Crippen LogP contribution >= 0.6 is 11.3 Å². The molecule has 1 saturated heterocycles. The molecule has 4 nitrogen and oxygen atoms in total. The van der Waals surface area contributed by atoms with Crippen LogP contribution in [0.15, 0.2) is 41.8 Å². The number of carbonyl (C=O) groups excluding carboxylic acids is 2. The first-order chi connectivity index (χ1) is 13.3. The van der Waals surface area contributed by atoms with Crippen LogP contribution in [0.25, 0.3) is 10.4 Å². The fourth-order valence-corrected chi connectivity index (χ4v) is 4.91. The molecule has 28 heavy (non-hydrogen) atoms. The van der Waals surface area contributed by atoms with Crippen molar-refractivity contribution >= 4 is 23.2 Å². The number of piperidine rings is 1. The van der Waals surface area contributed by atoms with Crippen LogP contribution in [0.4, 0.5) is 0 Å². The lowest BCUT2D eigenvalue weighted by Crippen LogP contribution is -2.54. The molecule has 2 aromatic rings. The van der Waals surface area contributed by atoms with Gasteiger partial charge in [0.1, 0.15) is 0 Å². The minimum Gasteiger partial charge on any atom is -0.348 e. The summed E-state index contributed by atoms with van der Waals surface area (Å²) in [5, 5.41) is 2.08. The van der Waals surface area contributed by atoms with Crippen molar-refractivity contribution in [2.45, 2.75) is 33.1 Å². The monoisotopic (exact) mass is 398 g/mol. The van der Waals surface area contributed by atoms with E-state index in [2.05, 4.69) is 41.8 Å². The molecule has 0 aliphatic carbocycles. The zero-order valence-corrected chi connectivity index (χ0v) is 18.1. The topological polar surface area (TPSA) is 40.6 Å². The van der Waals surface area contributed by atoms with Crippen molar-refractivity contribution in [1.82, 2.24) is 9.80 Å². The first-order valence-electron chi connectivity index (χ1n) is 9.96. The van der Waals surface area contributed by atoms with Crippen molar-refractivity contribution in [3.8, 4) is 10.4 Å². The Balaban J connectivity index is 1.86. The molecule has 1 aromatic carbocycles. The molecule has 0 bridgehead atoms. The minimum atomic E-state index is -0.545. The molecule has 0 N–H and O–H groups in total. The van der Waals surface area contributed by atoms with Crippen molar-refractivity contribution in [3.05, 3.63) is 47.3 Å². The van der Waals surface area contributed by atoms with E-state index in [0.29, 0.717) is 13.0 Å². The van der Waals surface area contributed by atoms with Gasteiger partial charge in [-0.05, 0) is 41.8 Å². The average Bonchev–Trinajstić information content (AvgIpc) is 3.22. The summed E-state index contributed by atoms with van der Waals surface area (Å²) < 4.78 is 0. The molecule has 0 unspecified atom stereocenters. The van der Waals surface area contributed by atoms with E-state index < -0.39 is 5.41 Å². The molecule has 1 fully saturated rings. The van der Waals surface area contributed by atoms with Crippen molar-refractivity contribution < 1.29 is 9.59 Å². The molecule has 0 spiro atoms. The number of carbonyl (C=O) groups is 2. The second-order valence-electron chi connectivity index (χ2n) is 8.35. The van der Waals surface area contributed by atoms with Crippen molar-refractivity contribution in [3.63, 3.8) is 0 Å². The summed E-state index contributed by atoms with van der Waals surface area (Å²) >= 11 is 1.73. The number of amides is 2. The molecule has 0 saturated carbocycles. The summed E-state index contributed by atoms with van der Waals surface area (Å²) in [7, 11) is 3.63. The van der Waals surface area contributed by atoms with E-state index in [1.165, 1.54) is 10.4 Å². The summed E-state index contributed by atoms with van der Waals surface area (Å²) in [6.45, 7) is 5.11. The predicted octanol–water partition coefficient (Wildman–Crippen LogP) is 4.31. The van der Waals surface area contributed by atoms with Crippen LogP contribution < -0.4 is 0 Å². The first-order valence-corrected chi connectivity index (χ1v) is 10.8. The highest BCUT2D eigenvalue weighted by Gasteiger charge is 2.44. The van der Waals surface area contributed by atoms with Crippen LogP contribution in [0.3, 0.4) is 0 Å². The highest BCUT2D eigenvalue weighted by atomic mass is 32.1. The van der Waals surface area contributed by atoms with Gasteiger partial charge < -0.3 is 9.80 Å². The van der Waals surface area contributed by atoms with Gasteiger partial charge in [-0.15, -0.1) is 11.3 Å². The van der Waals surface area contributed by atoms with Crippen LogP contribution in [0.2, 0.25) is 0 Å². The molecule has 150 valence electrons. The zero-order chi connectivity index (χ0) is 20.3. The fourth-order valence-electron chi connectivity index (χ4n) is 4.17. The van der Waals surface area contributed by atoms with Gasteiger partial charge in [-0.2, -0.15) is 0 Å². The molecule has 5 heteroatoms. The van der Waals surface area contributed by atoms with E-state index in [1.54, 1.807) is 16.2 Å². The van der Waals surface area contributed by atoms with Gasteiger partial charge in [0.25, 0.3) is 0 Å². The molecular formula is C23H30N2O2S. The third-order valence-corrected chi connectivity index (χ3v) is 6.46. The number of hydrogen-bond donors (Lipinski definition) is 0. The number of benzene rings is 1. The van der Waals surface area contributed by atoms with Crippen molar-refractivity contribution in [2.75, 3.05) is 27.2 Å². The largest absolute Gasteiger partial charge is 0.348 e. The van der Waals surface area contributed by atoms with Gasteiger partial charge in [-0.3, -0.25) is 9.59 Å². The van der Waals surface area contributed by atoms with Gasteiger partial charge in [0.15, 0.2) is 0 Å². The quantitative estimate of drug-likeness (QED) is 0.753. The van der Waals surface area contributed by atoms with Gasteiger partial charge in [-0.25, -0.2) is 0 Å². The molecule has 1 aromatic heterocycles. The number of likely N-dealkylation sites (tertiary alicyclic amines) is 1. The lowest BCUT2D eigenvalue weighted by Gasteiger charge is -2.43. The average molecular weight is 399 g/mol. The molecule has 1 aliphatic rings. The Morgan fingerprint density at radius 3 is 2.46 bits per heavy atom. The number of hydrogen-bond acceptors (Lipinski definition) is 3. The number of nitrogens with zero attached hydrogens (tertiary/aromatic N) is 2. The van der Waals surface area contributed by atoms with Crippen LogP contribution in [0, 0.1) is 11.3 Å². The molecule has 2 amide bonds. The Kier molecular flexibility index (Phi) is 6.23. The van der Waals surface area contributed by atoms with Gasteiger partial charge in [0.05, 0.1) is 5.41 Å². The van der Waals surface area contributed by atoms with E-state index >= 15 is 0 Å². The Morgan fingerprint density at radius 1 is 1.18 bits per heavy atom. The highest BCUT2D eigenvalue weighted by Crippen LogP contribution is 2.36. The Bertz CT molecular complexity index is 812. The minimum absolute atomic E-state index is 0.0460. The molecule has 1 atom stereocenters. The lowest BCUT2D eigenvalue weighted by molar-refractivity contribution is -0.148. The van der Waals surface area contributed by atoms with Crippen LogP contribution in [-0.2, 0) is 16.0 Å². The summed E-state index contributed by atoms with van der Waals surface area (Å²) in [5.74, 6) is 0.218. The first kappa shape index (κ1) is 20.6. The molecule has 0 radical (unpaired) electrons. The van der Waals surface area contributed by atoms with E-state index in [-0.39, 0.29) is 17.7 Å². The van der Waals surface area contributed by atoms with Crippen LogP contribution in [-0.4, -0.2) is 48.8 Å². The third kappa shape index (κ3) is 4.30. The van der Waals surface area contributed by atoms with Crippen LogP contribution in [0.5, 0.6) is 0 Å². The maximum absolute atomic E-state index is 13.2. The van der Waals surface area contributed by atoms with Gasteiger partial charge in [0.2, 0.25) is 11.8 Å². The van der Waals surface area contributed by atoms with Crippen molar-refractivity contribution in [2.24, 2.45) is 11.3 Å². The number of rotatable bonds is 5. The number of thiophene rings is 1. The smallest absolute Gasteiger partial charge is 0.230 e. The van der Waals surface area contributed by atoms with E-state index in [0.717, 1.165) is 24.9 Å². The summed E-state index contributed by atoms with van der Waals surface area (Å²) in [4.78, 5) is 30.6. The van der Waals surface area contributed by atoms with Gasteiger partial charge >= 0.3 is 0 Å². The lowest BCUT2D eigenvalue weighted by atomic mass is 9.73. The summed E-state index contributed by atoms with van der Waals surface area (Å²) in [6.07, 6.45) is 2.35. The second kappa shape index (κ2) is 8.48. The standard InChI is InChI=1S/C23H30N2O2S/c1-17(2)21(26)25-13-6-12-23(16-25,22(27)24(3)4)15-18-8-10-19(11-9-18)20-7-5-14-28-20/h5,7-11,14,17H,6,12-13,15-16H2,1-4H3/t23-/m1/s1. The molecule has 2 heterocycles. The molecule has 3 rings (SSSR count). The maximum Gasteiger partial charge on any atom is 0.230 e. The highest BCUT2D eigenvalue weighted by molar-refractivity contribution is 7.13. The fraction of sp³-hybridized carbons (Fsp3) is 0.478. The normalized spacial score (nSPS) is 19.7. The predicted molar refractivity (Wildman–Crippen MR) is 115 cm³/mol. The molecular weight excluding hydrogens is 368 g/mol. The summed E-state index contributed by atoms with van der Waals surface area (Å²) in [6, 6.07) is 12.7. The molecule has 1 aliphatic heterocycles. The Hall–Kier alpha value is -2.14. The zero-order valence-electron chi connectivity index (χ0n) is 17.3. The van der Waals surface area contributed by atoms with Gasteiger partial charge in [0, 0.05) is 38.0 Å². The van der Waals surface area contributed by atoms with Crippen LogP contribution in [0.1, 0.15) is 32.3 Å². The van der Waals surface area contributed by atoms with Crippen molar-refractivity contribution in [1.29, 1.82) is 0 Å².